The standard InChI is InChI=1S/C17H11ClF2N4O/c18-10-1-3-11(4-2-10)24-17(25)15-8-22-16(9-21-15)23-12-5-6-13(19)14(20)7-12/h1-9H,(H,22,23)(H,24,25). The second-order valence-electron chi connectivity index (χ2n) is 5.00. The Morgan fingerprint density at radius 2 is 1.64 bits per heavy atom. The fourth-order valence-corrected chi connectivity index (χ4v) is 2.09. The molecule has 1 heterocycles. The van der Waals surface area contributed by atoms with E-state index in [0.717, 1.165) is 12.1 Å². The van der Waals surface area contributed by atoms with Crippen LogP contribution in [-0.2, 0) is 0 Å². The highest BCUT2D eigenvalue weighted by atomic mass is 35.5. The average Bonchev–Trinajstić information content (AvgIpc) is 2.61. The number of hydrogen-bond donors (Lipinski definition) is 2. The number of benzene rings is 2. The van der Waals surface area contributed by atoms with Crippen molar-refractivity contribution in [2.75, 3.05) is 10.6 Å². The highest BCUT2D eigenvalue weighted by molar-refractivity contribution is 6.30. The molecule has 126 valence electrons. The normalized spacial score (nSPS) is 10.4. The van der Waals surface area contributed by atoms with E-state index in [2.05, 4.69) is 20.6 Å². The van der Waals surface area contributed by atoms with Crippen molar-refractivity contribution in [1.82, 2.24) is 9.97 Å². The lowest BCUT2D eigenvalue weighted by molar-refractivity contribution is 0.102. The summed E-state index contributed by atoms with van der Waals surface area (Å²) in [4.78, 5) is 20.1. The van der Waals surface area contributed by atoms with E-state index >= 15 is 0 Å². The van der Waals surface area contributed by atoms with Crippen molar-refractivity contribution in [1.29, 1.82) is 0 Å². The number of rotatable bonds is 4. The molecule has 1 amide bonds. The van der Waals surface area contributed by atoms with E-state index < -0.39 is 17.5 Å². The van der Waals surface area contributed by atoms with E-state index in [1.165, 1.54) is 18.5 Å². The molecule has 0 fully saturated rings. The van der Waals surface area contributed by atoms with E-state index in [9.17, 15) is 13.6 Å². The first kappa shape index (κ1) is 16.8. The first-order valence-corrected chi connectivity index (χ1v) is 7.50. The van der Waals surface area contributed by atoms with Crippen LogP contribution in [0.4, 0.5) is 26.0 Å². The average molecular weight is 361 g/mol. The molecule has 0 saturated carbocycles. The summed E-state index contributed by atoms with van der Waals surface area (Å²) in [5.74, 6) is -2.06. The summed E-state index contributed by atoms with van der Waals surface area (Å²) in [6, 6.07) is 9.98. The number of halogens is 3. The van der Waals surface area contributed by atoms with Crippen LogP contribution in [0.1, 0.15) is 10.5 Å². The van der Waals surface area contributed by atoms with Gasteiger partial charge < -0.3 is 10.6 Å². The zero-order valence-corrected chi connectivity index (χ0v) is 13.4. The number of carbonyl (C=O) groups excluding carboxylic acids is 1. The molecule has 0 unspecified atom stereocenters. The van der Waals surface area contributed by atoms with Gasteiger partial charge in [0.15, 0.2) is 11.6 Å². The maximum Gasteiger partial charge on any atom is 0.275 e. The minimum atomic E-state index is -0.975. The second kappa shape index (κ2) is 7.23. The van der Waals surface area contributed by atoms with Crippen molar-refractivity contribution in [3.05, 3.63) is 77.2 Å². The predicted molar refractivity (Wildman–Crippen MR) is 91.1 cm³/mol. The molecule has 5 nitrogen and oxygen atoms in total. The number of hydrogen-bond acceptors (Lipinski definition) is 4. The molecule has 25 heavy (non-hydrogen) atoms. The highest BCUT2D eigenvalue weighted by Crippen LogP contribution is 2.17. The van der Waals surface area contributed by atoms with Gasteiger partial charge in [0.1, 0.15) is 11.5 Å². The first-order valence-electron chi connectivity index (χ1n) is 7.12. The van der Waals surface area contributed by atoms with Crippen LogP contribution in [0.2, 0.25) is 5.02 Å². The van der Waals surface area contributed by atoms with Gasteiger partial charge in [-0.1, -0.05) is 11.6 Å². The molecule has 0 spiro atoms. The Labute approximate surface area is 146 Å². The minimum absolute atomic E-state index is 0.103. The van der Waals surface area contributed by atoms with Crippen molar-refractivity contribution in [2.24, 2.45) is 0 Å². The Bertz CT molecular complexity index is 902. The summed E-state index contributed by atoms with van der Waals surface area (Å²) in [6.07, 6.45) is 2.59. The van der Waals surface area contributed by atoms with Crippen LogP contribution in [0.15, 0.2) is 54.9 Å². The molecular weight excluding hydrogens is 350 g/mol. The molecule has 2 N–H and O–H groups in total. The summed E-state index contributed by atoms with van der Waals surface area (Å²) < 4.78 is 26.1. The fraction of sp³-hybridized carbons (Fsp3) is 0. The van der Waals surface area contributed by atoms with Crippen LogP contribution in [0, 0.1) is 11.6 Å². The second-order valence-corrected chi connectivity index (χ2v) is 5.44. The van der Waals surface area contributed by atoms with Gasteiger partial charge in [0, 0.05) is 22.5 Å². The summed E-state index contributed by atoms with van der Waals surface area (Å²) >= 11 is 5.78. The molecule has 0 aliphatic rings. The van der Waals surface area contributed by atoms with E-state index in [1.54, 1.807) is 24.3 Å². The molecule has 0 radical (unpaired) electrons. The maximum absolute atomic E-state index is 13.2. The number of amides is 1. The van der Waals surface area contributed by atoms with Crippen LogP contribution in [-0.4, -0.2) is 15.9 Å². The largest absolute Gasteiger partial charge is 0.339 e. The molecule has 0 aliphatic carbocycles. The van der Waals surface area contributed by atoms with Crippen LogP contribution in [0.5, 0.6) is 0 Å². The van der Waals surface area contributed by atoms with Gasteiger partial charge in [-0.25, -0.2) is 18.7 Å². The number of carbonyl (C=O) groups is 1. The monoisotopic (exact) mass is 360 g/mol. The number of aromatic nitrogens is 2. The van der Waals surface area contributed by atoms with Crippen molar-refractivity contribution in [3.8, 4) is 0 Å². The molecule has 8 heteroatoms. The zero-order valence-electron chi connectivity index (χ0n) is 12.6. The molecule has 2 aromatic carbocycles. The first-order chi connectivity index (χ1) is 12.0. The molecule has 0 saturated heterocycles. The third-order valence-electron chi connectivity index (χ3n) is 3.18. The lowest BCUT2D eigenvalue weighted by atomic mass is 10.3. The molecule has 0 atom stereocenters. The van der Waals surface area contributed by atoms with E-state index in [-0.39, 0.29) is 11.5 Å². The van der Waals surface area contributed by atoms with Gasteiger partial charge in [0.25, 0.3) is 5.91 Å². The topological polar surface area (TPSA) is 66.9 Å². The van der Waals surface area contributed by atoms with Gasteiger partial charge in [0.05, 0.1) is 12.4 Å². The van der Waals surface area contributed by atoms with Crippen LogP contribution < -0.4 is 10.6 Å². The van der Waals surface area contributed by atoms with E-state index in [0.29, 0.717) is 16.4 Å². The SMILES string of the molecule is O=C(Nc1ccc(Cl)cc1)c1cnc(Nc2ccc(F)c(F)c2)cn1. The quantitative estimate of drug-likeness (QED) is 0.723. The van der Waals surface area contributed by atoms with Crippen LogP contribution >= 0.6 is 11.6 Å². The van der Waals surface area contributed by atoms with Gasteiger partial charge in [-0.2, -0.15) is 0 Å². The maximum atomic E-state index is 13.2. The molecular formula is C17H11ClF2N4O. The van der Waals surface area contributed by atoms with Crippen LogP contribution in [0.25, 0.3) is 0 Å². The van der Waals surface area contributed by atoms with Crippen LogP contribution in [0.3, 0.4) is 0 Å². The lowest BCUT2D eigenvalue weighted by Crippen LogP contribution is -2.14. The fourth-order valence-electron chi connectivity index (χ4n) is 1.96. The Morgan fingerprint density at radius 1 is 0.920 bits per heavy atom. The van der Waals surface area contributed by atoms with Gasteiger partial charge >= 0.3 is 0 Å². The molecule has 3 aromatic rings. The number of nitrogens with zero attached hydrogens (tertiary/aromatic N) is 2. The Kier molecular flexibility index (Phi) is 4.85. The Hall–Kier alpha value is -3.06. The van der Waals surface area contributed by atoms with Crippen molar-refractivity contribution in [3.63, 3.8) is 0 Å². The summed E-state index contributed by atoms with van der Waals surface area (Å²) in [6.45, 7) is 0. The predicted octanol–water partition coefficient (Wildman–Crippen LogP) is 4.40. The molecule has 1 aromatic heterocycles. The number of anilines is 3. The Balaban J connectivity index is 1.67. The van der Waals surface area contributed by atoms with Crippen molar-refractivity contribution < 1.29 is 13.6 Å². The Morgan fingerprint density at radius 3 is 2.28 bits per heavy atom. The highest BCUT2D eigenvalue weighted by Gasteiger charge is 2.09. The zero-order chi connectivity index (χ0) is 17.8. The molecule has 0 aliphatic heterocycles. The van der Waals surface area contributed by atoms with Gasteiger partial charge in [-0.05, 0) is 36.4 Å². The smallest absolute Gasteiger partial charge is 0.275 e. The summed E-state index contributed by atoms with van der Waals surface area (Å²) in [5, 5.41) is 5.98. The van der Waals surface area contributed by atoms with E-state index in [4.69, 9.17) is 11.6 Å². The van der Waals surface area contributed by atoms with Crippen molar-refractivity contribution in [2.45, 2.75) is 0 Å². The molecule has 3 rings (SSSR count). The third-order valence-corrected chi connectivity index (χ3v) is 3.43. The summed E-state index contributed by atoms with van der Waals surface area (Å²) in [5.41, 5.74) is 0.984. The minimum Gasteiger partial charge on any atom is -0.339 e. The summed E-state index contributed by atoms with van der Waals surface area (Å²) in [7, 11) is 0. The molecule has 0 bridgehead atoms. The number of nitrogens with one attached hydrogen (secondary N) is 2. The lowest BCUT2D eigenvalue weighted by Gasteiger charge is -2.07. The van der Waals surface area contributed by atoms with E-state index in [1.807, 2.05) is 0 Å². The van der Waals surface area contributed by atoms with Gasteiger partial charge in [-0.3, -0.25) is 4.79 Å². The van der Waals surface area contributed by atoms with Crippen molar-refractivity contribution >= 4 is 34.7 Å². The third kappa shape index (κ3) is 4.27. The van der Waals surface area contributed by atoms with Gasteiger partial charge in [-0.15, -0.1) is 0 Å². The van der Waals surface area contributed by atoms with Gasteiger partial charge in [0.2, 0.25) is 0 Å².